The second kappa shape index (κ2) is 9.24. The Morgan fingerprint density at radius 1 is 1.31 bits per heavy atom. The Morgan fingerprint density at radius 3 is 2.78 bits per heavy atom. The van der Waals surface area contributed by atoms with Gasteiger partial charge in [0.05, 0.1) is 18.2 Å². The number of esters is 1. The minimum atomic E-state index is -0.704. The summed E-state index contributed by atoms with van der Waals surface area (Å²) in [5.74, 6) is 0.119. The van der Waals surface area contributed by atoms with Crippen molar-refractivity contribution in [1.82, 2.24) is 19.8 Å². The topological polar surface area (TPSA) is 73.4 Å². The number of hydrogen-bond acceptors (Lipinski definition) is 6. The first-order chi connectivity index (χ1) is 15.4. The van der Waals surface area contributed by atoms with Crippen LogP contribution in [0.2, 0.25) is 0 Å². The lowest BCUT2D eigenvalue weighted by molar-refractivity contribution is -0.159. The molecule has 2 aromatic heterocycles. The van der Waals surface area contributed by atoms with Crippen molar-refractivity contribution < 1.29 is 18.4 Å². The van der Waals surface area contributed by atoms with E-state index in [4.69, 9.17) is 9.26 Å². The Labute approximate surface area is 187 Å². The van der Waals surface area contributed by atoms with Crippen molar-refractivity contribution in [2.24, 2.45) is 12.5 Å². The molecular weight excluding hydrogens is 411 g/mol. The van der Waals surface area contributed by atoms with Gasteiger partial charge in [0.15, 0.2) is 0 Å². The Kier molecular flexibility index (Phi) is 6.41. The maximum Gasteiger partial charge on any atom is 0.313 e. The second-order valence-corrected chi connectivity index (χ2v) is 8.56. The number of carbonyl (C=O) groups excluding carboxylic acids is 1. The molecule has 1 saturated heterocycles. The van der Waals surface area contributed by atoms with Gasteiger partial charge in [-0.25, -0.2) is 4.39 Å². The fraction of sp³-hybridized carbons (Fsp3) is 0.458. The molecule has 1 aliphatic rings. The van der Waals surface area contributed by atoms with E-state index in [1.165, 1.54) is 12.1 Å². The predicted octanol–water partition coefficient (Wildman–Crippen LogP) is 3.91. The van der Waals surface area contributed by atoms with Gasteiger partial charge in [-0.2, -0.15) is 5.10 Å². The molecule has 1 aliphatic heterocycles. The van der Waals surface area contributed by atoms with E-state index in [1.807, 2.05) is 30.9 Å². The highest BCUT2D eigenvalue weighted by Gasteiger charge is 2.44. The minimum Gasteiger partial charge on any atom is -0.466 e. The Morgan fingerprint density at radius 2 is 2.09 bits per heavy atom. The van der Waals surface area contributed by atoms with Gasteiger partial charge in [-0.1, -0.05) is 5.16 Å². The lowest BCUT2D eigenvalue weighted by Gasteiger charge is -2.40. The molecule has 0 N–H and O–H groups in total. The number of carbonyl (C=O) groups is 1. The monoisotopic (exact) mass is 440 g/mol. The lowest BCUT2D eigenvalue weighted by atomic mass is 9.76. The van der Waals surface area contributed by atoms with Crippen molar-refractivity contribution in [2.75, 3.05) is 19.7 Å². The van der Waals surface area contributed by atoms with Crippen molar-refractivity contribution in [3.05, 3.63) is 59.4 Å². The SMILES string of the molecule is CCOC(=O)[C@]1(Cc2cc(-c3ccc(F)cc3)no2)CCCN(Cc2cnn(C)c2C)C1. The van der Waals surface area contributed by atoms with Crippen LogP contribution in [0.5, 0.6) is 0 Å². The van der Waals surface area contributed by atoms with E-state index in [0.717, 1.165) is 42.8 Å². The number of nitrogens with zero attached hydrogens (tertiary/aromatic N) is 4. The fourth-order valence-electron chi connectivity index (χ4n) is 4.46. The van der Waals surface area contributed by atoms with E-state index in [2.05, 4.69) is 22.1 Å². The van der Waals surface area contributed by atoms with Crippen molar-refractivity contribution in [2.45, 2.75) is 39.7 Å². The number of halogens is 1. The standard InChI is InChI=1S/C24H29FN4O3/c1-4-31-23(30)24(10-5-11-29(16-24)15-19-14-26-28(3)17(19)2)13-21-12-22(27-32-21)18-6-8-20(25)9-7-18/h6-9,12,14H,4-5,10-11,13,15-16H2,1-3H3/t24-/m0/s1. The molecule has 0 bridgehead atoms. The summed E-state index contributed by atoms with van der Waals surface area (Å²) in [5.41, 5.74) is 2.97. The highest BCUT2D eigenvalue weighted by atomic mass is 19.1. The third-order valence-corrected chi connectivity index (χ3v) is 6.31. The van der Waals surface area contributed by atoms with Gasteiger partial charge in [0.25, 0.3) is 0 Å². The molecule has 4 rings (SSSR count). The largest absolute Gasteiger partial charge is 0.466 e. The molecule has 0 aliphatic carbocycles. The quantitative estimate of drug-likeness (QED) is 0.519. The summed E-state index contributed by atoms with van der Waals surface area (Å²) in [6.45, 7) is 6.43. The highest BCUT2D eigenvalue weighted by Crippen LogP contribution is 2.37. The average molecular weight is 441 g/mol. The molecule has 0 radical (unpaired) electrons. The van der Waals surface area contributed by atoms with E-state index in [9.17, 15) is 9.18 Å². The molecule has 0 spiro atoms. The van der Waals surface area contributed by atoms with Gasteiger partial charge in [0.2, 0.25) is 0 Å². The van der Waals surface area contributed by atoms with Crippen LogP contribution in [0.25, 0.3) is 11.3 Å². The maximum absolute atomic E-state index is 13.2. The molecule has 1 fully saturated rings. The fourth-order valence-corrected chi connectivity index (χ4v) is 4.46. The molecule has 8 heteroatoms. The molecule has 1 aromatic carbocycles. The first-order valence-corrected chi connectivity index (χ1v) is 11.0. The van der Waals surface area contributed by atoms with Gasteiger partial charge in [0.1, 0.15) is 17.3 Å². The van der Waals surface area contributed by atoms with Crippen molar-refractivity contribution in [1.29, 1.82) is 0 Å². The van der Waals surface area contributed by atoms with Crippen molar-refractivity contribution >= 4 is 5.97 Å². The van der Waals surface area contributed by atoms with E-state index in [-0.39, 0.29) is 11.8 Å². The molecule has 3 heterocycles. The van der Waals surface area contributed by atoms with Gasteiger partial charge in [0, 0.05) is 49.4 Å². The Bertz CT molecular complexity index is 1080. The third-order valence-electron chi connectivity index (χ3n) is 6.31. The zero-order valence-corrected chi connectivity index (χ0v) is 18.8. The van der Waals surface area contributed by atoms with Crippen LogP contribution in [-0.2, 0) is 29.5 Å². The summed E-state index contributed by atoms with van der Waals surface area (Å²) in [7, 11) is 1.93. The van der Waals surface area contributed by atoms with E-state index < -0.39 is 5.41 Å². The molecule has 3 aromatic rings. The normalized spacial score (nSPS) is 19.2. The Balaban J connectivity index is 1.56. The summed E-state index contributed by atoms with van der Waals surface area (Å²) >= 11 is 0. The van der Waals surface area contributed by atoms with Crippen molar-refractivity contribution in [3.63, 3.8) is 0 Å². The van der Waals surface area contributed by atoms with Gasteiger partial charge in [-0.3, -0.25) is 14.4 Å². The number of rotatable bonds is 7. The van der Waals surface area contributed by atoms with Crippen LogP contribution < -0.4 is 0 Å². The number of hydrogen-bond donors (Lipinski definition) is 0. The highest BCUT2D eigenvalue weighted by molar-refractivity contribution is 5.77. The lowest BCUT2D eigenvalue weighted by Crippen LogP contribution is -2.49. The van der Waals surface area contributed by atoms with Gasteiger partial charge in [-0.05, 0) is 57.5 Å². The van der Waals surface area contributed by atoms with Crippen LogP contribution >= 0.6 is 0 Å². The molecule has 0 unspecified atom stereocenters. The van der Waals surface area contributed by atoms with E-state index in [1.54, 1.807) is 12.1 Å². The van der Waals surface area contributed by atoms with Crippen LogP contribution in [0, 0.1) is 18.2 Å². The number of likely N-dealkylation sites (tertiary alicyclic amines) is 1. The summed E-state index contributed by atoms with van der Waals surface area (Å²) in [4.78, 5) is 15.4. The van der Waals surface area contributed by atoms with E-state index >= 15 is 0 Å². The van der Waals surface area contributed by atoms with Crippen LogP contribution in [0.1, 0.15) is 36.8 Å². The number of piperidine rings is 1. The smallest absolute Gasteiger partial charge is 0.313 e. The second-order valence-electron chi connectivity index (χ2n) is 8.56. The predicted molar refractivity (Wildman–Crippen MR) is 117 cm³/mol. The van der Waals surface area contributed by atoms with Gasteiger partial charge < -0.3 is 9.26 Å². The minimum absolute atomic E-state index is 0.202. The first kappa shape index (κ1) is 22.2. The van der Waals surface area contributed by atoms with E-state index in [0.29, 0.717) is 31.0 Å². The number of aryl methyl sites for hydroxylation is 1. The number of ether oxygens (including phenoxy) is 1. The van der Waals surface area contributed by atoms with Gasteiger partial charge in [-0.15, -0.1) is 0 Å². The molecule has 0 amide bonds. The van der Waals surface area contributed by atoms with Crippen molar-refractivity contribution in [3.8, 4) is 11.3 Å². The molecule has 7 nitrogen and oxygen atoms in total. The first-order valence-electron chi connectivity index (χ1n) is 11.0. The maximum atomic E-state index is 13.2. The molecule has 32 heavy (non-hydrogen) atoms. The summed E-state index contributed by atoms with van der Waals surface area (Å²) in [6.07, 6.45) is 3.90. The third kappa shape index (κ3) is 4.60. The Hall–Kier alpha value is -3.00. The average Bonchev–Trinajstić information content (AvgIpc) is 3.36. The zero-order chi connectivity index (χ0) is 22.7. The van der Waals surface area contributed by atoms with Gasteiger partial charge >= 0.3 is 5.97 Å². The van der Waals surface area contributed by atoms with Crippen LogP contribution in [0.3, 0.4) is 0 Å². The summed E-state index contributed by atoms with van der Waals surface area (Å²) in [6, 6.07) is 7.94. The number of benzene rings is 1. The zero-order valence-electron chi connectivity index (χ0n) is 18.8. The van der Waals surface area contributed by atoms with Crippen LogP contribution in [-0.4, -0.2) is 45.5 Å². The molecular formula is C24H29FN4O3. The molecule has 1 atom stereocenters. The molecule has 0 saturated carbocycles. The van der Waals surface area contributed by atoms with Crippen LogP contribution in [0.15, 0.2) is 41.1 Å². The summed E-state index contributed by atoms with van der Waals surface area (Å²) < 4.78 is 26.2. The summed E-state index contributed by atoms with van der Waals surface area (Å²) in [5, 5.41) is 8.48. The van der Waals surface area contributed by atoms with Crippen LogP contribution in [0.4, 0.5) is 4.39 Å². The number of aromatic nitrogens is 3. The molecule has 170 valence electrons.